The van der Waals surface area contributed by atoms with Crippen LogP contribution in [-0.2, 0) is 14.3 Å². The molecular weight excluding hydrogens is 179 g/mol. The van der Waals surface area contributed by atoms with Crippen LogP contribution in [0.1, 0.15) is 19.3 Å². The van der Waals surface area contributed by atoms with Gasteiger partial charge in [0, 0.05) is 12.8 Å². The SMILES string of the molecule is Cl.Cl.O=C1CCCC(=O)O1. The number of hydrogen-bond acceptors (Lipinski definition) is 3. The van der Waals surface area contributed by atoms with E-state index in [0.717, 1.165) is 0 Å². The molecule has 0 aromatic carbocycles. The summed E-state index contributed by atoms with van der Waals surface area (Å²) in [6, 6.07) is 0. The lowest BCUT2D eigenvalue weighted by atomic mass is 10.2. The quantitative estimate of drug-likeness (QED) is 0.421. The molecule has 60 valence electrons. The van der Waals surface area contributed by atoms with Crippen LogP contribution in [0.3, 0.4) is 0 Å². The maximum Gasteiger partial charge on any atom is 0.313 e. The minimum absolute atomic E-state index is 0. The van der Waals surface area contributed by atoms with E-state index < -0.39 is 0 Å². The van der Waals surface area contributed by atoms with Crippen LogP contribution in [-0.4, -0.2) is 11.9 Å². The van der Waals surface area contributed by atoms with Crippen LogP contribution in [0.5, 0.6) is 0 Å². The molecule has 0 aromatic rings. The molecule has 1 fully saturated rings. The first-order chi connectivity index (χ1) is 3.79. The van der Waals surface area contributed by atoms with Crippen molar-refractivity contribution in [2.24, 2.45) is 0 Å². The summed E-state index contributed by atoms with van der Waals surface area (Å²) in [5.74, 6) is -0.775. The summed E-state index contributed by atoms with van der Waals surface area (Å²) in [4.78, 5) is 20.5. The minimum atomic E-state index is -0.388. The smallest absolute Gasteiger partial charge is 0.313 e. The summed E-state index contributed by atoms with van der Waals surface area (Å²) in [5, 5.41) is 0. The van der Waals surface area contributed by atoms with Gasteiger partial charge in [0.15, 0.2) is 0 Å². The third-order valence-corrected chi connectivity index (χ3v) is 0.989. The first-order valence-corrected chi connectivity index (χ1v) is 2.52. The molecule has 0 aliphatic carbocycles. The van der Waals surface area contributed by atoms with Gasteiger partial charge in [-0.3, -0.25) is 9.59 Å². The summed E-state index contributed by atoms with van der Waals surface area (Å²) in [5.41, 5.74) is 0. The fraction of sp³-hybridized carbons (Fsp3) is 0.600. The molecule has 0 radical (unpaired) electrons. The van der Waals surface area contributed by atoms with Crippen LogP contribution in [0.25, 0.3) is 0 Å². The highest BCUT2D eigenvalue weighted by molar-refractivity contribution is 5.87. The van der Waals surface area contributed by atoms with E-state index >= 15 is 0 Å². The zero-order chi connectivity index (χ0) is 5.98. The first kappa shape index (κ1) is 12.4. The Hall–Kier alpha value is -0.280. The van der Waals surface area contributed by atoms with Crippen molar-refractivity contribution >= 4 is 36.8 Å². The molecule has 1 aliphatic heterocycles. The van der Waals surface area contributed by atoms with Gasteiger partial charge in [-0.2, -0.15) is 0 Å². The average Bonchev–Trinajstić information content (AvgIpc) is 1.64. The maximum atomic E-state index is 10.2. The Kier molecular flexibility index (Phi) is 6.82. The number of esters is 2. The van der Waals surface area contributed by atoms with Crippen LogP contribution < -0.4 is 0 Å². The second kappa shape index (κ2) is 5.50. The number of carbonyl (C=O) groups is 2. The lowest BCUT2D eigenvalue weighted by molar-refractivity contribution is -0.163. The Morgan fingerprint density at radius 1 is 1.00 bits per heavy atom. The van der Waals surface area contributed by atoms with Gasteiger partial charge in [0.25, 0.3) is 0 Å². The highest BCUT2D eigenvalue weighted by Gasteiger charge is 2.15. The van der Waals surface area contributed by atoms with Gasteiger partial charge in [-0.25, -0.2) is 0 Å². The summed E-state index contributed by atoms with van der Waals surface area (Å²) < 4.78 is 4.21. The van der Waals surface area contributed by atoms with Crippen molar-refractivity contribution in [3.05, 3.63) is 0 Å². The van der Waals surface area contributed by atoms with E-state index in [-0.39, 0.29) is 36.8 Å². The van der Waals surface area contributed by atoms with Gasteiger partial charge in [0.05, 0.1) is 0 Å². The number of halogens is 2. The van der Waals surface area contributed by atoms with E-state index in [4.69, 9.17) is 0 Å². The first-order valence-electron chi connectivity index (χ1n) is 2.52. The molecule has 3 nitrogen and oxygen atoms in total. The van der Waals surface area contributed by atoms with Crippen LogP contribution in [0.2, 0.25) is 0 Å². The highest BCUT2D eigenvalue weighted by Crippen LogP contribution is 2.06. The molecule has 1 rings (SSSR count). The van der Waals surface area contributed by atoms with Gasteiger partial charge in [0.2, 0.25) is 0 Å². The predicted molar refractivity (Wildman–Crippen MR) is 39.4 cm³/mol. The Balaban J connectivity index is 0. The molecule has 0 unspecified atom stereocenters. The van der Waals surface area contributed by atoms with Gasteiger partial charge < -0.3 is 4.74 Å². The van der Waals surface area contributed by atoms with Crippen molar-refractivity contribution in [3.8, 4) is 0 Å². The number of carbonyl (C=O) groups excluding carboxylic acids is 2. The van der Waals surface area contributed by atoms with E-state index in [2.05, 4.69) is 4.74 Å². The van der Waals surface area contributed by atoms with Crippen LogP contribution in [0, 0.1) is 0 Å². The second-order valence-corrected chi connectivity index (χ2v) is 1.70. The lowest BCUT2D eigenvalue weighted by Crippen LogP contribution is -2.17. The Morgan fingerprint density at radius 3 is 1.60 bits per heavy atom. The number of ether oxygens (including phenoxy) is 1. The molecule has 5 heteroatoms. The molecule has 0 spiro atoms. The van der Waals surface area contributed by atoms with Crippen molar-refractivity contribution < 1.29 is 14.3 Å². The average molecular weight is 187 g/mol. The van der Waals surface area contributed by atoms with Crippen LogP contribution >= 0.6 is 24.8 Å². The number of rotatable bonds is 0. The topological polar surface area (TPSA) is 43.4 Å². The summed E-state index contributed by atoms with van der Waals surface area (Å²) in [7, 11) is 0. The van der Waals surface area contributed by atoms with E-state index in [1.807, 2.05) is 0 Å². The van der Waals surface area contributed by atoms with E-state index in [0.29, 0.717) is 19.3 Å². The molecule has 0 atom stereocenters. The monoisotopic (exact) mass is 186 g/mol. The molecule has 0 bridgehead atoms. The molecular formula is C5H8Cl2O3. The third kappa shape index (κ3) is 3.69. The maximum absolute atomic E-state index is 10.2. The van der Waals surface area contributed by atoms with Crippen molar-refractivity contribution in [2.45, 2.75) is 19.3 Å². The number of cyclic esters (lactones) is 2. The standard InChI is InChI=1S/C5H6O3.2ClH/c6-4-2-1-3-5(7)8-4;;/h1-3H2;2*1H. The molecule has 1 saturated heterocycles. The van der Waals surface area contributed by atoms with Gasteiger partial charge in [-0.1, -0.05) is 0 Å². The van der Waals surface area contributed by atoms with Crippen molar-refractivity contribution in [3.63, 3.8) is 0 Å². The van der Waals surface area contributed by atoms with Crippen LogP contribution in [0.15, 0.2) is 0 Å². The highest BCUT2D eigenvalue weighted by atomic mass is 35.5. The Labute approximate surface area is 70.9 Å². The largest absolute Gasteiger partial charge is 0.393 e. The predicted octanol–water partition coefficient (Wildman–Crippen LogP) is 1.08. The summed E-state index contributed by atoms with van der Waals surface area (Å²) >= 11 is 0. The van der Waals surface area contributed by atoms with E-state index in [1.54, 1.807) is 0 Å². The molecule has 0 N–H and O–H groups in total. The minimum Gasteiger partial charge on any atom is -0.393 e. The van der Waals surface area contributed by atoms with Gasteiger partial charge in [-0.15, -0.1) is 24.8 Å². The number of hydrogen-bond donors (Lipinski definition) is 0. The van der Waals surface area contributed by atoms with E-state index in [9.17, 15) is 9.59 Å². The second-order valence-electron chi connectivity index (χ2n) is 1.70. The fourth-order valence-corrected chi connectivity index (χ4v) is 0.606. The molecule has 1 heterocycles. The normalized spacial score (nSPS) is 16.4. The van der Waals surface area contributed by atoms with Crippen LogP contribution in [0.4, 0.5) is 0 Å². The Bertz CT molecular complexity index is 121. The van der Waals surface area contributed by atoms with Crippen molar-refractivity contribution in [1.29, 1.82) is 0 Å². The van der Waals surface area contributed by atoms with E-state index in [1.165, 1.54) is 0 Å². The fourth-order valence-electron chi connectivity index (χ4n) is 0.606. The molecule has 10 heavy (non-hydrogen) atoms. The third-order valence-electron chi connectivity index (χ3n) is 0.989. The van der Waals surface area contributed by atoms with Crippen molar-refractivity contribution in [2.75, 3.05) is 0 Å². The Morgan fingerprint density at radius 2 is 1.40 bits per heavy atom. The lowest BCUT2D eigenvalue weighted by Gasteiger charge is -2.06. The van der Waals surface area contributed by atoms with Gasteiger partial charge in [-0.05, 0) is 6.42 Å². The molecule has 0 amide bonds. The zero-order valence-corrected chi connectivity index (χ0v) is 6.80. The molecule has 0 saturated carbocycles. The van der Waals surface area contributed by atoms with Gasteiger partial charge in [0.1, 0.15) is 0 Å². The molecule has 1 aliphatic rings. The van der Waals surface area contributed by atoms with Gasteiger partial charge >= 0.3 is 11.9 Å². The summed E-state index contributed by atoms with van der Waals surface area (Å²) in [6.07, 6.45) is 1.44. The summed E-state index contributed by atoms with van der Waals surface area (Å²) in [6.45, 7) is 0. The zero-order valence-electron chi connectivity index (χ0n) is 5.16. The van der Waals surface area contributed by atoms with Crippen molar-refractivity contribution in [1.82, 2.24) is 0 Å². The molecule has 0 aromatic heterocycles.